The fourth-order valence-corrected chi connectivity index (χ4v) is 4.47. The van der Waals surface area contributed by atoms with Crippen molar-refractivity contribution >= 4 is 21.2 Å². The third-order valence-corrected chi connectivity index (χ3v) is 6.22. The molecule has 1 aliphatic carbocycles. The second-order valence-corrected chi connectivity index (χ2v) is 7.91. The Morgan fingerprint density at radius 3 is 2.52 bits per heavy atom. The summed E-state index contributed by atoms with van der Waals surface area (Å²) in [6.07, 6.45) is 3.19. The molecule has 0 radical (unpaired) electrons. The van der Waals surface area contributed by atoms with Crippen molar-refractivity contribution in [3.05, 3.63) is 26.7 Å². The van der Waals surface area contributed by atoms with Gasteiger partial charge in [0, 0.05) is 14.1 Å². The van der Waals surface area contributed by atoms with Crippen LogP contribution in [-0.2, 0) is 30.7 Å². The summed E-state index contributed by atoms with van der Waals surface area (Å²) in [6, 6.07) is 0. The number of rotatable bonds is 4. The number of aromatic nitrogens is 4. The molecular weight excluding hydrogens is 322 g/mol. The Labute approximate surface area is 132 Å². The van der Waals surface area contributed by atoms with Crippen molar-refractivity contribution in [3.8, 4) is 0 Å². The lowest BCUT2D eigenvalue weighted by molar-refractivity contribution is 0.563. The van der Waals surface area contributed by atoms with E-state index >= 15 is 0 Å². The Kier molecular flexibility index (Phi) is 3.88. The van der Waals surface area contributed by atoms with Crippen molar-refractivity contribution in [3.63, 3.8) is 0 Å². The number of hydrogen-bond acceptors (Lipinski definition) is 5. The van der Waals surface area contributed by atoms with Crippen LogP contribution in [0.1, 0.15) is 31.5 Å². The van der Waals surface area contributed by atoms with E-state index in [9.17, 15) is 18.0 Å². The van der Waals surface area contributed by atoms with E-state index in [4.69, 9.17) is 0 Å². The Hall–Kier alpha value is -1.94. The van der Waals surface area contributed by atoms with E-state index in [1.165, 1.54) is 18.7 Å². The van der Waals surface area contributed by atoms with Gasteiger partial charge in [0.05, 0.1) is 11.8 Å². The maximum absolute atomic E-state index is 12.2. The minimum absolute atomic E-state index is 0.0368. The summed E-state index contributed by atoms with van der Waals surface area (Å²) in [6.45, 7) is -0.0368. The van der Waals surface area contributed by atoms with Crippen molar-refractivity contribution in [1.29, 1.82) is 0 Å². The molecule has 0 unspecified atom stereocenters. The number of sulfonamides is 1. The fourth-order valence-electron chi connectivity index (χ4n) is 2.94. The first-order chi connectivity index (χ1) is 10.8. The summed E-state index contributed by atoms with van der Waals surface area (Å²) in [5.41, 5.74) is -0.564. The zero-order valence-corrected chi connectivity index (χ0v) is 13.8. The molecule has 0 aromatic carbocycles. The number of nitrogens with one attached hydrogen (secondary N) is 2. The molecule has 2 N–H and O–H groups in total. The lowest BCUT2D eigenvalue weighted by atomic mass is 10.4. The van der Waals surface area contributed by atoms with E-state index in [-0.39, 0.29) is 23.0 Å². The zero-order valence-electron chi connectivity index (χ0n) is 13.0. The largest absolute Gasteiger partial charge is 0.335 e. The quantitative estimate of drug-likeness (QED) is 0.764. The van der Waals surface area contributed by atoms with Gasteiger partial charge in [0.2, 0.25) is 10.0 Å². The average Bonchev–Trinajstić information content (AvgIpc) is 3.18. The van der Waals surface area contributed by atoms with Crippen molar-refractivity contribution in [2.24, 2.45) is 14.1 Å². The van der Waals surface area contributed by atoms with Crippen molar-refractivity contribution in [2.75, 3.05) is 0 Å². The van der Waals surface area contributed by atoms with E-state index in [1.54, 1.807) is 0 Å². The molecule has 23 heavy (non-hydrogen) atoms. The number of aromatic amines is 1. The number of hydrogen-bond donors (Lipinski definition) is 2. The van der Waals surface area contributed by atoms with Crippen LogP contribution in [0.2, 0.25) is 0 Å². The van der Waals surface area contributed by atoms with Crippen LogP contribution in [0.25, 0.3) is 11.2 Å². The van der Waals surface area contributed by atoms with Crippen LogP contribution >= 0.6 is 0 Å². The normalized spacial score (nSPS) is 16.4. The predicted molar refractivity (Wildman–Crippen MR) is 84.6 cm³/mol. The minimum atomic E-state index is -3.39. The molecule has 0 aliphatic heterocycles. The molecule has 0 bridgehead atoms. The molecule has 1 saturated carbocycles. The van der Waals surface area contributed by atoms with Crippen LogP contribution in [0.15, 0.2) is 9.59 Å². The molecule has 2 aromatic heterocycles. The van der Waals surface area contributed by atoms with Gasteiger partial charge < -0.3 is 4.98 Å². The average molecular weight is 341 g/mol. The van der Waals surface area contributed by atoms with Gasteiger partial charge in [-0.15, -0.1) is 0 Å². The number of H-pyrrole nitrogens is 1. The highest BCUT2D eigenvalue weighted by Gasteiger charge is 2.28. The molecule has 0 atom stereocenters. The number of nitrogens with zero attached hydrogens (tertiary/aromatic N) is 3. The maximum atomic E-state index is 12.2. The summed E-state index contributed by atoms with van der Waals surface area (Å²) >= 11 is 0. The standard InChI is InChI=1S/C13H19N5O4S/c1-17-11-10(12(19)18(2)13(17)20)15-9(16-11)7-14-23(21,22)8-5-3-4-6-8/h8,14H,3-7H2,1-2H3,(H,15,16). The smallest absolute Gasteiger partial charge is 0.332 e. The van der Waals surface area contributed by atoms with E-state index in [0.29, 0.717) is 18.7 Å². The Morgan fingerprint density at radius 1 is 1.22 bits per heavy atom. The van der Waals surface area contributed by atoms with Gasteiger partial charge in [-0.3, -0.25) is 13.9 Å². The second kappa shape index (κ2) is 5.60. The van der Waals surface area contributed by atoms with Gasteiger partial charge in [0.15, 0.2) is 5.65 Å². The molecule has 126 valence electrons. The van der Waals surface area contributed by atoms with E-state index in [0.717, 1.165) is 17.4 Å². The maximum Gasteiger partial charge on any atom is 0.332 e. The van der Waals surface area contributed by atoms with Gasteiger partial charge in [0.25, 0.3) is 5.56 Å². The molecule has 9 nitrogen and oxygen atoms in total. The highest BCUT2D eigenvalue weighted by molar-refractivity contribution is 7.90. The van der Waals surface area contributed by atoms with Crippen LogP contribution in [0.4, 0.5) is 0 Å². The molecule has 2 aromatic rings. The Morgan fingerprint density at radius 2 is 1.87 bits per heavy atom. The molecule has 0 saturated heterocycles. The fraction of sp³-hybridized carbons (Fsp3) is 0.615. The monoisotopic (exact) mass is 341 g/mol. The molecule has 2 heterocycles. The molecule has 10 heteroatoms. The van der Waals surface area contributed by atoms with Crippen molar-refractivity contribution < 1.29 is 8.42 Å². The van der Waals surface area contributed by atoms with Gasteiger partial charge in [0.1, 0.15) is 11.3 Å². The summed E-state index contributed by atoms with van der Waals surface area (Å²) in [5, 5.41) is -0.357. The van der Waals surface area contributed by atoms with Gasteiger partial charge in [-0.25, -0.2) is 22.9 Å². The molecule has 1 aliphatic rings. The second-order valence-electron chi connectivity index (χ2n) is 5.86. The molecule has 1 fully saturated rings. The first-order valence-electron chi connectivity index (χ1n) is 7.44. The first kappa shape index (κ1) is 15.9. The molecule has 0 spiro atoms. The van der Waals surface area contributed by atoms with Crippen LogP contribution in [0, 0.1) is 0 Å². The summed E-state index contributed by atoms with van der Waals surface area (Å²) in [7, 11) is -0.500. The molecular formula is C13H19N5O4S. The van der Waals surface area contributed by atoms with Crippen molar-refractivity contribution in [1.82, 2.24) is 23.8 Å². The third kappa shape index (κ3) is 2.72. The van der Waals surface area contributed by atoms with Crippen LogP contribution in [0.5, 0.6) is 0 Å². The number of fused-ring (bicyclic) bond motifs is 1. The van der Waals surface area contributed by atoms with E-state index in [1.807, 2.05) is 0 Å². The van der Waals surface area contributed by atoms with E-state index < -0.39 is 21.3 Å². The Bertz CT molecular complexity index is 963. The van der Waals surface area contributed by atoms with Crippen LogP contribution in [0.3, 0.4) is 0 Å². The summed E-state index contributed by atoms with van der Waals surface area (Å²) in [4.78, 5) is 30.9. The predicted octanol–water partition coefficient (Wildman–Crippen LogP) is -0.678. The lowest BCUT2D eigenvalue weighted by Gasteiger charge is -2.11. The summed E-state index contributed by atoms with van der Waals surface area (Å²) < 4.78 is 29.1. The Balaban J connectivity index is 1.90. The van der Waals surface area contributed by atoms with Crippen LogP contribution in [-0.4, -0.2) is 32.8 Å². The number of aryl methyl sites for hydroxylation is 1. The lowest BCUT2D eigenvalue weighted by Crippen LogP contribution is -2.36. The van der Waals surface area contributed by atoms with E-state index in [2.05, 4.69) is 14.7 Å². The first-order valence-corrected chi connectivity index (χ1v) is 8.99. The molecule has 3 rings (SSSR count). The zero-order chi connectivity index (χ0) is 16.8. The number of imidazole rings is 1. The third-order valence-electron chi connectivity index (χ3n) is 4.33. The minimum Gasteiger partial charge on any atom is -0.335 e. The SMILES string of the molecule is Cn1c(=O)c2[nH]c(CNS(=O)(=O)C3CCCC3)nc2n(C)c1=O. The highest BCUT2D eigenvalue weighted by Crippen LogP contribution is 2.24. The van der Waals surface area contributed by atoms with Crippen molar-refractivity contribution in [2.45, 2.75) is 37.5 Å². The topological polar surface area (TPSA) is 119 Å². The van der Waals surface area contributed by atoms with Gasteiger partial charge in [-0.2, -0.15) is 0 Å². The highest BCUT2D eigenvalue weighted by atomic mass is 32.2. The van der Waals surface area contributed by atoms with Gasteiger partial charge in [-0.05, 0) is 12.8 Å². The van der Waals surface area contributed by atoms with Gasteiger partial charge >= 0.3 is 5.69 Å². The molecule has 0 amide bonds. The summed E-state index contributed by atoms with van der Waals surface area (Å²) in [5.74, 6) is 0.305. The van der Waals surface area contributed by atoms with Crippen LogP contribution < -0.4 is 16.0 Å². The van der Waals surface area contributed by atoms with Gasteiger partial charge in [-0.1, -0.05) is 12.8 Å².